The van der Waals surface area contributed by atoms with Crippen molar-refractivity contribution in [2.45, 2.75) is 24.0 Å². The Hall–Kier alpha value is -3.61. The first-order valence-corrected chi connectivity index (χ1v) is 13.2. The zero-order chi connectivity index (χ0) is 26.6. The summed E-state index contributed by atoms with van der Waals surface area (Å²) in [6.07, 6.45) is 5.09. The van der Waals surface area contributed by atoms with E-state index < -0.39 is 26.9 Å². The molecule has 11 nitrogen and oxygen atoms in total. The average Bonchev–Trinajstić information content (AvgIpc) is 3.32. The maximum atomic E-state index is 13.7. The Balaban J connectivity index is 1.83. The molecule has 0 aliphatic heterocycles. The zero-order valence-electron chi connectivity index (χ0n) is 20.6. The maximum absolute atomic E-state index is 13.7. The van der Waals surface area contributed by atoms with Crippen molar-refractivity contribution in [3.63, 3.8) is 0 Å². The van der Waals surface area contributed by atoms with Crippen LogP contribution in [0, 0.1) is 0 Å². The molecule has 2 atom stereocenters. The predicted molar refractivity (Wildman–Crippen MR) is 137 cm³/mol. The van der Waals surface area contributed by atoms with Gasteiger partial charge in [-0.2, -0.15) is 0 Å². The number of nitrogens with zero attached hydrogens (tertiary/aromatic N) is 6. The van der Waals surface area contributed by atoms with E-state index in [1.807, 2.05) is 0 Å². The fraction of sp³-hybridized carbons (Fsp3) is 0.292. The molecule has 0 saturated heterocycles. The highest BCUT2D eigenvalue weighted by Gasteiger charge is 2.35. The van der Waals surface area contributed by atoms with Crippen LogP contribution in [0.3, 0.4) is 0 Å². The summed E-state index contributed by atoms with van der Waals surface area (Å²) in [6.45, 7) is 1.54. The first-order chi connectivity index (χ1) is 17.8. The summed E-state index contributed by atoms with van der Waals surface area (Å²) in [4.78, 5) is 12.4. The molecule has 194 valence electrons. The Kier molecular flexibility index (Phi) is 8.00. The normalized spacial score (nSPS) is 13.2. The van der Waals surface area contributed by atoms with E-state index in [0.717, 1.165) is 0 Å². The van der Waals surface area contributed by atoms with E-state index in [1.54, 1.807) is 47.3 Å². The van der Waals surface area contributed by atoms with Gasteiger partial charge < -0.3 is 14.2 Å². The van der Waals surface area contributed by atoms with Crippen molar-refractivity contribution in [3.8, 4) is 28.6 Å². The van der Waals surface area contributed by atoms with Crippen LogP contribution in [0.2, 0.25) is 5.02 Å². The molecule has 13 heteroatoms. The Bertz CT molecular complexity index is 1440. The molecule has 0 unspecified atom stereocenters. The summed E-state index contributed by atoms with van der Waals surface area (Å²) in [6, 6.07) is 8.80. The molecule has 0 fully saturated rings. The topological polar surface area (TPSA) is 131 Å². The fourth-order valence-electron chi connectivity index (χ4n) is 3.85. The molecular weight excluding hydrogens is 520 g/mol. The maximum Gasteiger partial charge on any atom is 0.170 e. The van der Waals surface area contributed by atoms with Crippen molar-refractivity contribution >= 4 is 21.4 Å². The summed E-state index contributed by atoms with van der Waals surface area (Å²) in [7, 11) is 0.548. The van der Waals surface area contributed by atoms with Gasteiger partial charge >= 0.3 is 0 Å². The van der Waals surface area contributed by atoms with Gasteiger partial charge in [-0.15, -0.1) is 10.2 Å². The number of pyridine rings is 1. The number of methoxy groups -OCH3 is 3. The molecule has 4 aromatic rings. The standard InChI is InChI=1S/C24H25ClN6O5S/c1-15(22(36-4)23-27-12-17(25)13-28-23)37(32,33)14-20-29-30-24(16-7-6-10-26-11-16)31(20)21-18(34-2)8-5-9-19(21)35-3/h5-13,15,22H,14H2,1-4H3/t15-,22-/m1/s1. The van der Waals surface area contributed by atoms with E-state index in [-0.39, 0.29) is 11.6 Å². The van der Waals surface area contributed by atoms with Gasteiger partial charge in [-0.25, -0.2) is 18.4 Å². The molecule has 4 rings (SSSR count). The second-order valence-electron chi connectivity index (χ2n) is 7.96. The number of sulfone groups is 1. The minimum atomic E-state index is -3.88. The van der Waals surface area contributed by atoms with Crippen LogP contribution in [0.1, 0.15) is 24.7 Å². The monoisotopic (exact) mass is 544 g/mol. The zero-order valence-corrected chi connectivity index (χ0v) is 22.1. The number of benzene rings is 1. The van der Waals surface area contributed by atoms with E-state index in [9.17, 15) is 8.42 Å². The Morgan fingerprint density at radius 2 is 1.65 bits per heavy atom. The van der Waals surface area contributed by atoms with E-state index in [2.05, 4.69) is 25.1 Å². The van der Waals surface area contributed by atoms with Crippen LogP contribution in [-0.4, -0.2) is 64.7 Å². The average molecular weight is 545 g/mol. The molecule has 0 aliphatic carbocycles. The molecule has 0 spiro atoms. The van der Waals surface area contributed by atoms with Crippen LogP contribution >= 0.6 is 11.6 Å². The molecular formula is C24H25ClN6O5S. The number of rotatable bonds is 10. The fourth-order valence-corrected chi connectivity index (χ4v) is 5.37. The number of halogens is 1. The number of para-hydroxylation sites is 1. The van der Waals surface area contributed by atoms with Crippen molar-refractivity contribution < 1.29 is 22.6 Å². The van der Waals surface area contributed by atoms with Crippen molar-refractivity contribution in [2.24, 2.45) is 0 Å². The van der Waals surface area contributed by atoms with Crippen LogP contribution in [0.15, 0.2) is 55.1 Å². The predicted octanol–water partition coefficient (Wildman–Crippen LogP) is 3.48. The van der Waals surface area contributed by atoms with Crippen molar-refractivity contribution in [1.29, 1.82) is 0 Å². The van der Waals surface area contributed by atoms with Crippen LogP contribution in [0.4, 0.5) is 0 Å². The Morgan fingerprint density at radius 3 is 2.22 bits per heavy atom. The molecule has 0 bridgehead atoms. The lowest BCUT2D eigenvalue weighted by Crippen LogP contribution is -2.30. The second-order valence-corrected chi connectivity index (χ2v) is 10.8. The Morgan fingerprint density at radius 1 is 0.973 bits per heavy atom. The van der Waals surface area contributed by atoms with Gasteiger partial charge in [0, 0.05) is 37.5 Å². The number of hydrogen-bond donors (Lipinski definition) is 0. The first-order valence-electron chi connectivity index (χ1n) is 11.1. The first kappa shape index (κ1) is 26.5. The molecule has 0 amide bonds. The van der Waals surface area contributed by atoms with E-state index >= 15 is 0 Å². The summed E-state index contributed by atoms with van der Waals surface area (Å²) >= 11 is 5.89. The molecule has 0 saturated carbocycles. The summed E-state index contributed by atoms with van der Waals surface area (Å²) in [5.41, 5.74) is 1.09. The minimum absolute atomic E-state index is 0.153. The smallest absolute Gasteiger partial charge is 0.170 e. The number of ether oxygens (including phenoxy) is 3. The summed E-state index contributed by atoms with van der Waals surface area (Å²) in [5.74, 6) is 1.15. The molecule has 3 heterocycles. The molecule has 1 aromatic carbocycles. The van der Waals surface area contributed by atoms with Gasteiger partial charge in [0.2, 0.25) is 0 Å². The highest BCUT2D eigenvalue weighted by molar-refractivity contribution is 7.91. The number of aromatic nitrogens is 6. The number of hydrogen-bond acceptors (Lipinski definition) is 10. The van der Waals surface area contributed by atoms with Gasteiger partial charge in [-0.05, 0) is 31.2 Å². The second kappa shape index (κ2) is 11.2. The molecule has 0 radical (unpaired) electrons. The lowest BCUT2D eigenvalue weighted by molar-refractivity contribution is 0.0948. The molecule has 37 heavy (non-hydrogen) atoms. The van der Waals surface area contributed by atoms with Crippen LogP contribution in [0.25, 0.3) is 17.1 Å². The van der Waals surface area contributed by atoms with E-state index in [4.69, 9.17) is 25.8 Å². The third-order valence-corrected chi connectivity index (χ3v) is 7.98. The van der Waals surface area contributed by atoms with Gasteiger partial charge in [-0.1, -0.05) is 17.7 Å². The van der Waals surface area contributed by atoms with Crippen LogP contribution in [-0.2, 0) is 20.3 Å². The SMILES string of the molecule is COc1cccc(OC)c1-n1c(CS(=O)(=O)[C@H](C)[C@@H](OC)c2ncc(Cl)cn2)nnc1-c1cccnc1. The van der Waals surface area contributed by atoms with Crippen LogP contribution < -0.4 is 9.47 Å². The van der Waals surface area contributed by atoms with Gasteiger partial charge in [0.15, 0.2) is 27.3 Å². The Labute approximate surface area is 219 Å². The van der Waals surface area contributed by atoms with E-state index in [0.29, 0.717) is 33.6 Å². The molecule has 3 aromatic heterocycles. The van der Waals surface area contributed by atoms with Crippen molar-refractivity contribution in [1.82, 2.24) is 29.7 Å². The quantitative estimate of drug-likeness (QED) is 0.292. The highest BCUT2D eigenvalue weighted by Crippen LogP contribution is 2.37. The third kappa shape index (κ3) is 5.41. The molecule has 0 N–H and O–H groups in total. The summed E-state index contributed by atoms with van der Waals surface area (Å²) < 4.78 is 45.6. The van der Waals surface area contributed by atoms with Gasteiger partial charge in [0.1, 0.15) is 29.0 Å². The lowest BCUT2D eigenvalue weighted by atomic mass is 10.2. The van der Waals surface area contributed by atoms with Gasteiger partial charge in [0.25, 0.3) is 0 Å². The molecule has 0 aliphatic rings. The minimum Gasteiger partial charge on any atom is -0.494 e. The largest absolute Gasteiger partial charge is 0.494 e. The van der Waals surface area contributed by atoms with Gasteiger partial charge in [0.05, 0.1) is 24.5 Å². The highest BCUT2D eigenvalue weighted by atomic mass is 35.5. The summed E-state index contributed by atoms with van der Waals surface area (Å²) in [5, 5.41) is 7.89. The lowest BCUT2D eigenvalue weighted by Gasteiger charge is -2.22. The van der Waals surface area contributed by atoms with E-state index in [1.165, 1.54) is 40.6 Å². The van der Waals surface area contributed by atoms with Gasteiger partial charge in [-0.3, -0.25) is 9.55 Å². The van der Waals surface area contributed by atoms with Crippen LogP contribution in [0.5, 0.6) is 11.5 Å². The van der Waals surface area contributed by atoms with Crippen molar-refractivity contribution in [2.75, 3.05) is 21.3 Å². The third-order valence-electron chi connectivity index (χ3n) is 5.75. The van der Waals surface area contributed by atoms with Crippen molar-refractivity contribution in [3.05, 3.63) is 71.8 Å².